The maximum atomic E-state index is 12.1. The molecule has 0 aliphatic rings. The summed E-state index contributed by atoms with van der Waals surface area (Å²) in [4.78, 5) is 12.3. The molecule has 0 saturated heterocycles. The molecule has 0 unspecified atom stereocenters. The van der Waals surface area contributed by atoms with E-state index in [2.05, 4.69) is 24.5 Å². The molecule has 2 aromatic rings. The van der Waals surface area contributed by atoms with Gasteiger partial charge in [0.1, 0.15) is 0 Å². The molecule has 4 heteroatoms. The van der Waals surface area contributed by atoms with E-state index >= 15 is 0 Å². The number of rotatable bonds is 5. The van der Waals surface area contributed by atoms with Gasteiger partial charge in [0.15, 0.2) is 4.99 Å². The molecule has 0 saturated carbocycles. The van der Waals surface area contributed by atoms with Crippen molar-refractivity contribution >= 4 is 28.8 Å². The van der Waals surface area contributed by atoms with Crippen molar-refractivity contribution in [2.75, 3.05) is 5.32 Å². The van der Waals surface area contributed by atoms with Crippen molar-refractivity contribution in [2.45, 2.75) is 32.7 Å². The fraction of sp³-hybridized carbons (Fsp3) is 0.263. The van der Waals surface area contributed by atoms with Crippen LogP contribution in [0.4, 0.5) is 5.69 Å². The molecule has 0 bridgehead atoms. The zero-order valence-corrected chi connectivity index (χ0v) is 14.3. The second kappa shape index (κ2) is 8.44. The average molecular weight is 326 g/mol. The van der Waals surface area contributed by atoms with E-state index < -0.39 is 0 Å². The van der Waals surface area contributed by atoms with Crippen molar-refractivity contribution in [1.82, 2.24) is 5.32 Å². The summed E-state index contributed by atoms with van der Waals surface area (Å²) in [5.41, 5.74) is 3.11. The molecule has 1 amide bonds. The highest BCUT2D eigenvalue weighted by molar-refractivity contribution is 7.82. The summed E-state index contributed by atoms with van der Waals surface area (Å²) in [5.74, 6) is 0.237. The van der Waals surface area contributed by atoms with Crippen molar-refractivity contribution < 1.29 is 4.79 Å². The van der Waals surface area contributed by atoms with Gasteiger partial charge in [-0.2, -0.15) is 0 Å². The van der Waals surface area contributed by atoms with Gasteiger partial charge in [-0.05, 0) is 35.6 Å². The molecule has 120 valence electrons. The van der Waals surface area contributed by atoms with Crippen molar-refractivity contribution in [3.05, 3.63) is 65.7 Å². The fourth-order valence-corrected chi connectivity index (χ4v) is 2.30. The number of carbonyl (C=O) groups is 1. The van der Waals surface area contributed by atoms with E-state index in [-0.39, 0.29) is 10.9 Å². The minimum Gasteiger partial charge on any atom is -0.368 e. The van der Waals surface area contributed by atoms with Gasteiger partial charge in [0.25, 0.3) is 5.91 Å². The van der Waals surface area contributed by atoms with Crippen LogP contribution >= 0.6 is 12.2 Å². The molecule has 0 aliphatic carbocycles. The van der Waals surface area contributed by atoms with Crippen LogP contribution < -0.4 is 10.6 Å². The molecule has 0 aromatic heterocycles. The third-order valence-electron chi connectivity index (χ3n) is 3.85. The Hall–Kier alpha value is -2.20. The standard InChI is InChI=1S/C19H22N2OS/c1-3-14(2)16-9-11-17(12-10-16)21-18(22)19(23)20-13-15-7-5-4-6-8-15/h4-12,14H,3,13H2,1-2H3,(H,20,23)(H,21,22)/t14-/m1/s1. The topological polar surface area (TPSA) is 41.1 Å². The van der Waals surface area contributed by atoms with Gasteiger partial charge in [-0.1, -0.05) is 68.5 Å². The van der Waals surface area contributed by atoms with Crippen LogP contribution in [0.25, 0.3) is 0 Å². The third-order valence-corrected chi connectivity index (χ3v) is 4.18. The SMILES string of the molecule is CC[C@@H](C)c1ccc(NC(=O)C(=S)NCc2ccccc2)cc1. The molecule has 3 nitrogen and oxygen atoms in total. The van der Waals surface area contributed by atoms with E-state index in [1.807, 2.05) is 54.6 Å². The molecular formula is C19H22N2OS. The van der Waals surface area contributed by atoms with Crippen LogP contribution in [0.2, 0.25) is 0 Å². The second-order valence-corrected chi connectivity index (χ2v) is 5.96. The summed E-state index contributed by atoms with van der Waals surface area (Å²) in [5, 5.41) is 5.80. The largest absolute Gasteiger partial charge is 0.368 e. The van der Waals surface area contributed by atoms with Gasteiger partial charge in [0, 0.05) is 12.2 Å². The van der Waals surface area contributed by atoms with E-state index in [0.29, 0.717) is 12.5 Å². The summed E-state index contributed by atoms with van der Waals surface area (Å²) >= 11 is 5.14. The molecule has 2 N–H and O–H groups in total. The maximum Gasteiger partial charge on any atom is 0.283 e. The van der Waals surface area contributed by atoms with E-state index in [1.165, 1.54) is 5.56 Å². The van der Waals surface area contributed by atoms with Crippen LogP contribution in [0.3, 0.4) is 0 Å². The Balaban J connectivity index is 1.87. The first kappa shape index (κ1) is 17.2. The molecule has 0 fully saturated rings. The molecule has 2 aromatic carbocycles. The highest BCUT2D eigenvalue weighted by Crippen LogP contribution is 2.20. The Morgan fingerprint density at radius 2 is 1.74 bits per heavy atom. The molecule has 0 heterocycles. The number of anilines is 1. The first-order chi connectivity index (χ1) is 11.1. The number of nitrogens with one attached hydrogen (secondary N) is 2. The number of carbonyl (C=O) groups excluding carboxylic acids is 1. The van der Waals surface area contributed by atoms with Gasteiger partial charge in [-0.3, -0.25) is 4.79 Å². The molecule has 0 radical (unpaired) electrons. The Labute approximate surface area is 143 Å². The number of benzene rings is 2. The normalized spacial score (nSPS) is 11.6. The lowest BCUT2D eigenvalue weighted by Crippen LogP contribution is -2.33. The van der Waals surface area contributed by atoms with Gasteiger partial charge in [-0.25, -0.2) is 0 Å². The fourth-order valence-electron chi connectivity index (χ4n) is 2.18. The van der Waals surface area contributed by atoms with E-state index in [4.69, 9.17) is 12.2 Å². The predicted molar refractivity (Wildman–Crippen MR) is 99.7 cm³/mol. The van der Waals surface area contributed by atoms with E-state index in [9.17, 15) is 4.79 Å². The van der Waals surface area contributed by atoms with Crippen molar-refractivity contribution in [3.8, 4) is 0 Å². The van der Waals surface area contributed by atoms with E-state index in [1.54, 1.807) is 0 Å². The zero-order valence-electron chi connectivity index (χ0n) is 13.5. The van der Waals surface area contributed by atoms with Gasteiger partial charge >= 0.3 is 0 Å². The molecule has 0 aliphatic heterocycles. The highest BCUT2D eigenvalue weighted by atomic mass is 32.1. The van der Waals surface area contributed by atoms with Gasteiger partial charge in [-0.15, -0.1) is 0 Å². The van der Waals surface area contributed by atoms with Crippen molar-refractivity contribution in [3.63, 3.8) is 0 Å². The summed E-state index contributed by atoms with van der Waals surface area (Å²) in [6.45, 7) is 4.90. The first-order valence-electron chi connectivity index (χ1n) is 7.83. The molecule has 23 heavy (non-hydrogen) atoms. The lowest BCUT2D eigenvalue weighted by Gasteiger charge is -2.11. The van der Waals surface area contributed by atoms with Crippen LogP contribution in [-0.2, 0) is 11.3 Å². The number of hydrogen-bond donors (Lipinski definition) is 2. The summed E-state index contributed by atoms with van der Waals surface area (Å²) in [7, 11) is 0. The Morgan fingerprint density at radius 3 is 2.35 bits per heavy atom. The molecule has 0 spiro atoms. The van der Waals surface area contributed by atoms with Gasteiger partial charge in [0.05, 0.1) is 0 Å². The van der Waals surface area contributed by atoms with E-state index in [0.717, 1.165) is 17.7 Å². The Bertz CT molecular complexity index is 653. The predicted octanol–water partition coefficient (Wildman–Crippen LogP) is 4.26. The van der Waals surface area contributed by atoms with Crippen LogP contribution in [0.5, 0.6) is 0 Å². The van der Waals surface area contributed by atoms with Crippen LogP contribution in [0.15, 0.2) is 54.6 Å². The van der Waals surface area contributed by atoms with Gasteiger partial charge < -0.3 is 10.6 Å². The molecule has 1 atom stereocenters. The van der Waals surface area contributed by atoms with Crippen molar-refractivity contribution in [2.24, 2.45) is 0 Å². The second-order valence-electron chi connectivity index (χ2n) is 5.55. The quantitative estimate of drug-likeness (QED) is 0.807. The van der Waals surface area contributed by atoms with Crippen LogP contribution in [-0.4, -0.2) is 10.9 Å². The third kappa shape index (κ3) is 5.18. The lowest BCUT2D eigenvalue weighted by molar-refractivity contribution is -0.110. The summed E-state index contributed by atoms with van der Waals surface area (Å²) in [6.07, 6.45) is 1.10. The lowest BCUT2D eigenvalue weighted by atomic mass is 9.99. The number of hydrogen-bond acceptors (Lipinski definition) is 2. The van der Waals surface area contributed by atoms with Gasteiger partial charge in [0.2, 0.25) is 0 Å². The Kier molecular flexibility index (Phi) is 6.29. The van der Waals surface area contributed by atoms with Crippen LogP contribution in [0.1, 0.15) is 37.3 Å². The minimum atomic E-state index is -0.285. The smallest absolute Gasteiger partial charge is 0.283 e. The number of thiocarbonyl (C=S) groups is 1. The number of amides is 1. The molecule has 2 rings (SSSR count). The maximum absolute atomic E-state index is 12.1. The van der Waals surface area contributed by atoms with Crippen LogP contribution in [0, 0.1) is 0 Å². The summed E-state index contributed by atoms with van der Waals surface area (Å²) in [6, 6.07) is 17.8. The highest BCUT2D eigenvalue weighted by Gasteiger charge is 2.09. The zero-order chi connectivity index (χ0) is 16.7. The molecular weight excluding hydrogens is 304 g/mol. The average Bonchev–Trinajstić information content (AvgIpc) is 2.60. The first-order valence-corrected chi connectivity index (χ1v) is 8.24. The minimum absolute atomic E-state index is 0.194. The monoisotopic (exact) mass is 326 g/mol. The summed E-state index contributed by atoms with van der Waals surface area (Å²) < 4.78 is 0. The van der Waals surface area contributed by atoms with Crippen molar-refractivity contribution in [1.29, 1.82) is 0 Å². The Morgan fingerprint density at radius 1 is 1.09 bits per heavy atom.